The van der Waals surface area contributed by atoms with Gasteiger partial charge in [-0.15, -0.1) is 0 Å². The Labute approximate surface area is 189 Å². The topological polar surface area (TPSA) is 93.1 Å². The number of rotatable bonds is 4. The van der Waals surface area contributed by atoms with E-state index < -0.39 is 11.5 Å². The molecule has 0 spiro atoms. The summed E-state index contributed by atoms with van der Waals surface area (Å²) in [6, 6.07) is 12.2. The third kappa shape index (κ3) is 3.70. The molecule has 0 radical (unpaired) electrons. The Kier molecular flexibility index (Phi) is 5.82. The SMILES string of the molecule is CC(C)c1ccc2c(c1)C(O)CC1C(C)(C(=O)Oc3ccc(N([O-])O)cc3)CCCC21C. The van der Waals surface area contributed by atoms with E-state index in [9.17, 15) is 15.1 Å². The average molecular weight is 439 g/mol. The first-order valence-electron chi connectivity index (χ1n) is 11.4. The highest BCUT2D eigenvalue weighted by Gasteiger charge is 2.57. The van der Waals surface area contributed by atoms with Crippen LogP contribution in [0, 0.1) is 16.5 Å². The molecule has 0 saturated heterocycles. The van der Waals surface area contributed by atoms with Crippen LogP contribution in [-0.4, -0.2) is 16.3 Å². The van der Waals surface area contributed by atoms with Crippen molar-refractivity contribution in [1.82, 2.24) is 0 Å². The zero-order valence-electron chi connectivity index (χ0n) is 19.2. The summed E-state index contributed by atoms with van der Waals surface area (Å²) in [5, 5.41) is 30.9. The fourth-order valence-electron chi connectivity index (χ4n) is 5.91. The molecule has 2 aromatic rings. The minimum Gasteiger partial charge on any atom is -0.733 e. The van der Waals surface area contributed by atoms with Crippen LogP contribution in [0.2, 0.25) is 0 Å². The monoisotopic (exact) mass is 438 g/mol. The summed E-state index contributed by atoms with van der Waals surface area (Å²) >= 11 is 0. The number of carbonyl (C=O) groups is 1. The maximum Gasteiger partial charge on any atom is 0.317 e. The van der Waals surface area contributed by atoms with Gasteiger partial charge in [0.05, 0.1) is 17.2 Å². The molecule has 6 nitrogen and oxygen atoms in total. The first-order valence-corrected chi connectivity index (χ1v) is 11.4. The summed E-state index contributed by atoms with van der Waals surface area (Å²) in [6.07, 6.45) is 2.46. The number of ether oxygens (including phenoxy) is 1. The van der Waals surface area contributed by atoms with Crippen molar-refractivity contribution in [3.05, 3.63) is 64.4 Å². The third-order valence-corrected chi connectivity index (χ3v) is 7.84. The van der Waals surface area contributed by atoms with Gasteiger partial charge >= 0.3 is 5.97 Å². The molecule has 0 aliphatic heterocycles. The van der Waals surface area contributed by atoms with Gasteiger partial charge in [-0.05, 0) is 84.4 Å². The zero-order valence-corrected chi connectivity index (χ0v) is 19.2. The molecule has 1 saturated carbocycles. The van der Waals surface area contributed by atoms with E-state index >= 15 is 0 Å². The molecule has 2 aromatic carbocycles. The van der Waals surface area contributed by atoms with Gasteiger partial charge in [-0.3, -0.25) is 10.0 Å². The number of benzene rings is 2. The van der Waals surface area contributed by atoms with Crippen molar-refractivity contribution >= 4 is 11.7 Å². The molecule has 0 bridgehead atoms. The van der Waals surface area contributed by atoms with E-state index in [1.54, 1.807) is 0 Å². The minimum atomic E-state index is -0.747. The Hall–Kier alpha value is -2.41. The summed E-state index contributed by atoms with van der Waals surface area (Å²) in [5.74, 6) is 0.332. The van der Waals surface area contributed by atoms with Gasteiger partial charge in [0.25, 0.3) is 0 Å². The van der Waals surface area contributed by atoms with Crippen molar-refractivity contribution in [3.8, 4) is 5.75 Å². The molecule has 6 heteroatoms. The predicted octanol–water partition coefficient (Wildman–Crippen LogP) is 5.61. The van der Waals surface area contributed by atoms with Crippen LogP contribution in [-0.2, 0) is 10.2 Å². The second kappa shape index (κ2) is 8.18. The molecule has 2 aliphatic carbocycles. The van der Waals surface area contributed by atoms with Crippen LogP contribution in [0.3, 0.4) is 0 Å². The van der Waals surface area contributed by atoms with Crippen LogP contribution >= 0.6 is 0 Å². The van der Waals surface area contributed by atoms with Gasteiger partial charge in [-0.1, -0.05) is 45.4 Å². The molecule has 1 fully saturated rings. The van der Waals surface area contributed by atoms with E-state index in [2.05, 4.69) is 39.0 Å². The van der Waals surface area contributed by atoms with E-state index in [0.717, 1.165) is 24.0 Å². The maximum absolute atomic E-state index is 13.4. The number of esters is 1. The zero-order chi connectivity index (χ0) is 23.3. The van der Waals surface area contributed by atoms with Gasteiger partial charge in [-0.2, -0.15) is 0 Å². The van der Waals surface area contributed by atoms with E-state index in [1.165, 1.54) is 29.8 Å². The number of nitrogens with zero attached hydrogens (tertiary/aromatic N) is 1. The first kappa shape index (κ1) is 22.8. The largest absolute Gasteiger partial charge is 0.733 e. The van der Waals surface area contributed by atoms with Crippen molar-refractivity contribution in [2.45, 2.75) is 70.8 Å². The van der Waals surface area contributed by atoms with Gasteiger partial charge in [0.15, 0.2) is 0 Å². The molecule has 4 unspecified atom stereocenters. The highest BCUT2D eigenvalue weighted by atomic mass is 16.8. The molecular weight excluding hydrogens is 406 g/mol. The summed E-state index contributed by atoms with van der Waals surface area (Å²) in [5.41, 5.74) is 2.45. The fraction of sp³-hybridized carbons (Fsp3) is 0.500. The van der Waals surface area contributed by atoms with Crippen molar-refractivity contribution in [3.63, 3.8) is 0 Å². The lowest BCUT2D eigenvalue weighted by atomic mass is 9.49. The Morgan fingerprint density at radius 2 is 1.84 bits per heavy atom. The number of aliphatic hydroxyl groups is 1. The fourth-order valence-corrected chi connectivity index (χ4v) is 5.91. The molecule has 32 heavy (non-hydrogen) atoms. The first-order chi connectivity index (χ1) is 15.1. The van der Waals surface area contributed by atoms with Crippen molar-refractivity contribution < 1.29 is 19.8 Å². The van der Waals surface area contributed by atoms with Crippen LogP contribution in [0.15, 0.2) is 42.5 Å². The summed E-state index contributed by atoms with van der Waals surface area (Å²) in [4.78, 5) is 13.4. The molecule has 172 valence electrons. The summed E-state index contributed by atoms with van der Waals surface area (Å²) < 4.78 is 5.74. The third-order valence-electron chi connectivity index (χ3n) is 7.84. The Morgan fingerprint density at radius 3 is 2.47 bits per heavy atom. The van der Waals surface area contributed by atoms with Crippen LogP contribution in [0.4, 0.5) is 5.69 Å². The molecule has 4 rings (SSSR count). The Morgan fingerprint density at radius 1 is 1.16 bits per heavy atom. The van der Waals surface area contributed by atoms with Crippen LogP contribution in [0.1, 0.15) is 82.1 Å². The Bertz CT molecular complexity index is 1000. The standard InChI is InChI=1S/C26H32NO5/c1-16(2)17-6-11-21-20(14-17)22(28)15-23-25(21,3)12-5-13-26(23,4)24(29)32-19-9-7-18(8-10-19)27(30)31/h6-11,14,16,22-23,28,30H,5,12-13,15H2,1-4H3/q-1. The van der Waals surface area contributed by atoms with Gasteiger partial charge in [0, 0.05) is 0 Å². The molecule has 0 amide bonds. The number of anilines is 1. The van der Waals surface area contributed by atoms with Crippen LogP contribution < -0.4 is 9.96 Å². The smallest absolute Gasteiger partial charge is 0.317 e. The number of carbonyl (C=O) groups excluding carboxylic acids is 1. The van der Waals surface area contributed by atoms with Gasteiger partial charge < -0.3 is 20.3 Å². The van der Waals surface area contributed by atoms with Crippen LogP contribution in [0.5, 0.6) is 5.75 Å². The van der Waals surface area contributed by atoms with Crippen molar-refractivity contribution in [1.29, 1.82) is 0 Å². The second-order valence-electron chi connectivity index (χ2n) is 10.2. The number of hydrogen-bond donors (Lipinski definition) is 2. The average Bonchev–Trinajstić information content (AvgIpc) is 2.75. The molecular formula is C26H32NO5-. The maximum atomic E-state index is 13.4. The van der Waals surface area contributed by atoms with Crippen LogP contribution in [0.25, 0.3) is 0 Å². The normalized spacial score (nSPS) is 29.2. The molecule has 0 aromatic heterocycles. The molecule has 4 atom stereocenters. The molecule has 0 heterocycles. The highest BCUT2D eigenvalue weighted by Crippen LogP contribution is 2.59. The van der Waals surface area contributed by atoms with E-state index in [-0.39, 0.29) is 28.2 Å². The second-order valence-corrected chi connectivity index (χ2v) is 10.2. The van der Waals surface area contributed by atoms with Crippen molar-refractivity contribution in [2.24, 2.45) is 11.3 Å². The van der Waals surface area contributed by atoms with E-state index in [4.69, 9.17) is 9.94 Å². The molecule has 2 N–H and O–H groups in total. The molecule has 2 aliphatic rings. The lowest BCUT2D eigenvalue weighted by Crippen LogP contribution is -2.54. The highest BCUT2D eigenvalue weighted by molar-refractivity contribution is 5.80. The van der Waals surface area contributed by atoms with E-state index in [1.807, 2.05) is 6.92 Å². The summed E-state index contributed by atoms with van der Waals surface area (Å²) in [6.45, 7) is 8.48. The number of aliphatic hydroxyl groups excluding tert-OH is 1. The van der Waals surface area contributed by atoms with Gasteiger partial charge in [0.1, 0.15) is 5.75 Å². The lowest BCUT2D eigenvalue weighted by molar-refractivity contribution is -0.156. The minimum absolute atomic E-state index is 0.0579. The quantitative estimate of drug-likeness (QED) is 0.366. The predicted molar refractivity (Wildman–Crippen MR) is 123 cm³/mol. The number of fused-ring (bicyclic) bond motifs is 3. The van der Waals surface area contributed by atoms with Gasteiger partial charge in [0.2, 0.25) is 0 Å². The number of hydrogen-bond acceptors (Lipinski definition) is 6. The van der Waals surface area contributed by atoms with Crippen molar-refractivity contribution in [2.75, 3.05) is 5.23 Å². The summed E-state index contributed by atoms with van der Waals surface area (Å²) in [7, 11) is 0. The lowest BCUT2D eigenvalue weighted by Gasteiger charge is -2.55. The Balaban J connectivity index is 1.65. The van der Waals surface area contributed by atoms with Gasteiger partial charge in [-0.25, -0.2) is 0 Å². The van der Waals surface area contributed by atoms with E-state index in [0.29, 0.717) is 24.5 Å².